The van der Waals surface area contributed by atoms with Gasteiger partial charge in [0.15, 0.2) is 47.6 Å². The van der Waals surface area contributed by atoms with E-state index in [2.05, 4.69) is 0 Å². The van der Waals surface area contributed by atoms with Crippen LogP contribution >= 0.6 is 0 Å². The van der Waals surface area contributed by atoms with Crippen LogP contribution < -0.4 is 18.9 Å². The minimum Gasteiger partial charge on any atom is -0.508 e. The zero-order valence-corrected chi connectivity index (χ0v) is 41.8. The first-order valence-electron chi connectivity index (χ1n) is 24.3. The molecule has 0 amide bonds. The number of methoxy groups -OCH3 is 2. The Balaban J connectivity index is 1.12. The highest BCUT2D eigenvalue weighted by atomic mass is 16.8. The quantitative estimate of drug-likeness (QED) is 0.0435. The van der Waals surface area contributed by atoms with Gasteiger partial charge in [0.05, 0.1) is 33.0 Å². The zero-order valence-electron chi connectivity index (χ0n) is 41.8. The molecular weight excluding hydrogens is 1050 g/mol. The van der Waals surface area contributed by atoms with E-state index in [9.17, 15) is 76.0 Å². The number of phenols is 4. The van der Waals surface area contributed by atoms with Crippen LogP contribution in [0, 0.1) is 0 Å². The molecule has 426 valence electrons. The van der Waals surface area contributed by atoms with Crippen LogP contribution in [0.2, 0.25) is 0 Å². The fraction of sp³-hybridized carbons (Fsp3) is 0.396. The lowest BCUT2D eigenvalue weighted by molar-refractivity contribution is -0.364. The summed E-state index contributed by atoms with van der Waals surface area (Å²) in [6.07, 6.45) is -23.6. The van der Waals surface area contributed by atoms with Gasteiger partial charge >= 0.3 is 11.9 Å². The molecule has 13 N–H and O–H groups in total. The first-order chi connectivity index (χ1) is 37.8. The predicted octanol–water partition coefficient (Wildman–Crippen LogP) is -0.651. The minimum absolute atomic E-state index is 0.0498. The SMILES string of the molecule is COc1cc(/C=C/C(=O)OC[C@H]2O[C@@H](OC3=Cc4c(cc(O)cc4O[C@@H]4O[C@H](CO)[C@@H](O)[C@H](O)[C@H]4O)OC3c3ccc(O)cc3)[C@H](O[C@@H]3O[C@H](CO)[C@@H](O)[C@H](OC(=O)/C=C/c4ccc(O)c(OC)c4)[C@H]3O)[C@@H](O)[C@@H]2O)ccc1O. The van der Waals surface area contributed by atoms with Crippen LogP contribution in [0.4, 0.5) is 0 Å². The van der Waals surface area contributed by atoms with Gasteiger partial charge in [0, 0.05) is 29.8 Å². The molecule has 4 aromatic carbocycles. The standard InChI is InChI=1S/C53H58O26/c1-69-33-15-23(3-11-29(33)58)5-13-39(60)71-22-38-42(63)45(66)50(79-52-47(68)49(43(64)37(21-55)76-52)78-40(61)14-6-24-4-12-30(59)34(16-24)70-2)53(77-38)74-35-19-28-31(72-48(35)25-7-9-26(56)10-8-25)17-27(57)18-32(28)73-51-46(67)44(65)41(62)36(20-54)75-51/h3-19,36-38,41-59,62-68H,20-22H2,1-2H3/b13-5+,14-6+/t36-,37-,38-,41-,42-,43-,44+,45+,46-,47-,48?,49+,50-,51-,52+,53-/m1/s1. The van der Waals surface area contributed by atoms with Crippen LogP contribution in [-0.4, -0.2) is 204 Å². The fourth-order valence-corrected chi connectivity index (χ4v) is 8.78. The van der Waals surface area contributed by atoms with Gasteiger partial charge in [-0.2, -0.15) is 0 Å². The molecule has 16 atom stereocenters. The average molecular weight is 1110 g/mol. The van der Waals surface area contributed by atoms with Gasteiger partial charge in [-0.05, 0) is 65.8 Å². The second-order valence-electron chi connectivity index (χ2n) is 18.3. The first kappa shape index (κ1) is 57.9. The van der Waals surface area contributed by atoms with Crippen molar-refractivity contribution in [2.45, 2.75) is 98.2 Å². The van der Waals surface area contributed by atoms with Gasteiger partial charge in [0.2, 0.25) is 12.6 Å². The number of aliphatic hydroxyl groups is 9. The van der Waals surface area contributed by atoms with Crippen LogP contribution in [0.3, 0.4) is 0 Å². The monoisotopic (exact) mass is 1110 g/mol. The molecule has 0 bridgehead atoms. The highest BCUT2D eigenvalue weighted by molar-refractivity contribution is 5.88. The normalized spacial score (nSPS) is 30.6. The molecule has 79 heavy (non-hydrogen) atoms. The summed E-state index contributed by atoms with van der Waals surface area (Å²) in [5, 5.41) is 139. The fourth-order valence-electron chi connectivity index (χ4n) is 8.78. The lowest BCUT2D eigenvalue weighted by Crippen LogP contribution is -2.65. The maximum absolute atomic E-state index is 13.2. The lowest BCUT2D eigenvalue weighted by atomic mass is 9.96. The van der Waals surface area contributed by atoms with E-state index in [1.807, 2.05) is 0 Å². The second-order valence-corrected chi connectivity index (χ2v) is 18.3. The lowest BCUT2D eigenvalue weighted by Gasteiger charge is -2.46. The zero-order chi connectivity index (χ0) is 56.8. The molecule has 4 aromatic rings. The maximum Gasteiger partial charge on any atom is 0.331 e. The summed E-state index contributed by atoms with van der Waals surface area (Å²) in [7, 11) is 2.65. The molecule has 1 unspecified atom stereocenters. The van der Waals surface area contributed by atoms with Crippen LogP contribution in [0.25, 0.3) is 18.2 Å². The number of aromatic hydroxyl groups is 4. The first-order valence-corrected chi connectivity index (χ1v) is 24.3. The number of phenolic OH excluding ortho intramolecular Hbond substituents is 4. The van der Waals surface area contributed by atoms with Crippen molar-refractivity contribution < 1.29 is 128 Å². The Kier molecular flexibility index (Phi) is 18.5. The molecule has 3 saturated heterocycles. The number of carbonyl (C=O) groups excluding carboxylic acids is 2. The van der Waals surface area contributed by atoms with Gasteiger partial charge in [0.1, 0.15) is 96.4 Å². The van der Waals surface area contributed by atoms with Gasteiger partial charge in [-0.1, -0.05) is 24.3 Å². The van der Waals surface area contributed by atoms with Crippen LogP contribution in [0.5, 0.6) is 46.0 Å². The van der Waals surface area contributed by atoms with Gasteiger partial charge in [-0.25, -0.2) is 9.59 Å². The molecule has 8 rings (SSSR count). The van der Waals surface area contributed by atoms with E-state index in [1.54, 1.807) is 0 Å². The summed E-state index contributed by atoms with van der Waals surface area (Å²) in [4.78, 5) is 26.3. The molecule has 4 aliphatic heterocycles. The topological polar surface area (TPSA) is 399 Å². The number of carbonyl (C=O) groups is 2. The number of rotatable bonds is 18. The molecule has 4 heterocycles. The largest absolute Gasteiger partial charge is 0.508 e. The molecule has 0 saturated carbocycles. The number of ether oxygens (including phenoxy) is 11. The highest BCUT2D eigenvalue weighted by Crippen LogP contribution is 2.46. The van der Waals surface area contributed by atoms with Crippen LogP contribution in [0.1, 0.15) is 28.4 Å². The number of hydrogen-bond donors (Lipinski definition) is 13. The van der Waals surface area contributed by atoms with Gasteiger partial charge in [-0.3, -0.25) is 0 Å². The van der Waals surface area contributed by atoms with Crippen molar-refractivity contribution in [1.29, 1.82) is 0 Å². The molecule has 26 heteroatoms. The Morgan fingerprint density at radius 2 is 1.14 bits per heavy atom. The van der Waals surface area contributed by atoms with E-state index >= 15 is 0 Å². The van der Waals surface area contributed by atoms with Gasteiger partial charge in [0.25, 0.3) is 0 Å². The summed E-state index contributed by atoms with van der Waals surface area (Å²) in [6.45, 7) is -2.52. The van der Waals surface area contributed by atoms with Crippen molar-refractivity contribution in [2.24, 2.45) is 0 Å². The van der Waals surface area contributed by atoms with Crippen molar-refractivity contribution in [3.05, 3.63) is 113 Å². The molecule has 4 aliphatic rings. The second kappa shape index (κ2) is 25.2. The molecule has 0 radical (unpaired) electrons. The van der Waals surface area contributed by atoms with Crippen LogP contribution in [0.15, 0.2) is 90.7 Å². The van der Waals surface area contributed by atoms with Crippen molar-refractivity contribution in [2.75, 3.05) is 34.0 Å². The van der Waals surface area contributed by atoms with Crippen molar-refractivity contribution >= 4 is 30.2 Å². The summed E-state index contributed by atoms with van der Waals surface area (Å²) in [6, 6.07) is 16.1. The van der Waals surface area contributed by atoms with Crippen molar-refractivity contribution in [1.82, 2.24) is 0 Å². The minimum atomic E-state index is -2.13. The number of fused-ring (bicyclic) bond motifs is 1. The number of benzene rings is 4. The Morgan fingerprint density at radius 1 is 0.557 bits per heavy atom. The summed E-state index contributed by atoms with van der Waals surface area (Å²) in [5.41, 5.74) is 1.00. The third-order valence-corrected chi connectivity index (χ3v) is 13.0. The molecule has 3 fully saturated rings. The van der Waals surface area contributed by atoms with Gasteiger partial charge < -0.3 is 118 Å². The summed E-state index contributed by atoms with van der Waals surface area (Å²) >= 11 is 0. The molecule has 26 nitrogen and oxygen atoms in total. The highest BCUT2D eigenvalue weighted by Gasteiger charge is 2.54. The van der Waals surface area contributed by atoms with Crippen LogP contribution in [-0.2, 0) is 42.7 Å². The third-order valence-electron chi connectivity index (χ3n) is 13.0. The Labute approximate surface area is 448 Å². The number of aliphatic hydroxyl groups excluding tert-OH is 9. The molecular formula is C53H58O26. The van der Waals surface area contributed by atoms with E-state index in [-0.39, 0.29) is 57.1 Å². The average Bonchev–Trinajstić information content (AvgIpc) is 3.57. The smallest absolute Gasteiger partial charge is 0.331 e. The third kappa shape index (κ3) is 13.1. The Bertz CT molecular complexity index is 2850. The number of hydrogen-bond acceptors (Lipinski definition) is 26. The molecule has 0 aromatic heterocycles. The maximum atomic E-state index is 13.2. The predicted molar refractivity (Wildman–Crippen MR) is 265 cm³/mol. The number of esters is 2. The van der Waals surface area contributed by atoms with E-state index in [4.69, 9.17) is 52.1 Å². The van der Waals surface area contributed by atoms with E-state index in [0.29, 0.717) is 11.1 Å². The summed E-state index contributed by atoms with van der Waals surface area (Å²) in [5.74, 6) is -3.50. The van der Waals surface area contributed by atoms with Gasteiger partial charge in [-0.15, -0.1) is 0 Å². The van der Waals surface area contributed by atoms with Crippen molar-refractivity contribution in [3.63, 3.8) is 0 Å². The Morgan fingerprint density at radius 3 is 1.76 bits per heavy atom. The Hall–Kier alpha value is -7.28. The molecule has 0 spiro atoms. The summed E-state index contributed by atoms with van der Waals surface area (Å²) < 4.78 is 63.5. The van der Waals surface area contributed by atoms with E-state index in [0.717, 1.165) is 18.2 Å². The molecule has 0 aliphatic carbocycles. The van der Waals surface area contributed by atoms with Crippen molar-refractivity contribution in [3.8, 4) is 46.0 Å². The van der Waals surface area contributed by atoms with E-state index in [1.165, 1.54) is 99.2 Å². The van der Waals surface area contributed by atoms with E-state index < -0.39 is 136 Å².